The van der Waals surface area contributed by atoms with Crippen molar-refractivity contribution in [1.29, 1.82) is 0 Å². The number of amides is 1. The van der Waals surface area contributed by atoms with Crippen LogP contribution in [-0.4, -0.2) is 61.6 Å². The summed E-state index contributed by atoms with van der Waals surface area (Å²) < 4.78 is 37.8. The Morgan fingerprint density at radius 1 is 1.08 bits per heavy atom. The first-order chi connectivity index (χ1) is 18.5. The van der Waals surface area contributed by atoms with Crippen molar-refractivity contribution >= 4 is 39.8 Å². The third-order valence-electron chi connectivity index (χ3n) is 6.91. The first kappa shape index (κ1) is 26.3. The Balaban J connectivity index is 1.40. The average Bonchev–Trinajstić information content (AvgIpc) is 2.87. The number of anilines is 3. The first-order valence-electron chi connectivity index (χ1n) is 12.6. The van der Waals surface area contributed by atoms with Gasteiger partial charge in [0.1, 0.15) is 22.6 Å². The number of carboxylic acid groups (broad SMARTS) is 1. The molecule has 12 heteroatoms. The Labute approximate surface area is 222 Å². The number of rotatable bonds is 6. The van der Waals surface area contributed by atoms with E-state index in [0.29, 0.717) is 49.5 Å². The van der Waals surface area contributed by atoms with Crippen LogP contribution in [0.4, 0.5) is 25.8 Å². The van der Waals surface area contributed by atoms with Gasteiger partial charge in [-0.05, 0) is 30.2 Å². The molecule has 5 rings (SSSR count). The van der Waals surface area contributed by atoms with E-state index in [9.17, 15) is 23.9 Å². The summed E-state index contributed by atoms with van der Waals surface area (Å²) >= 11 is 0. The van der Waals surface area contributed by atoms with Gasteiger partial charge < -0.3 is 25.0 Å². The third kappa shape index (κ3) is 4.82. The van der Waals surface area contributed by atoms with Gasteiger partial charge in [-0.1, -0.05) is 13.8 Å². The molecule has 0 radical (unpaired) electrons. The van der Waals surface area contributed by atoms with Gasteiger partial charge in [0.05, 0.1) is 11.1 Å². The lowest BCUT2D eigenvalue weighted by molar-refractivity contribution is -0.116. The van der Waals surface area contributed by atoms with Crippen LogP contribution in [0.5, 0.6) is 5.75 Å². The second-order valence-electron chi connectivity index (χ2n) is 10.2. The molecule has 206 valence electrons. The number of hydrogen-bond donors (Lipinski definition) is 2. The number of benzene rings is 2. The summed E-state index contributed by atoms with van der Waals surface area (Å²) in [7, 11) is 1.66. The predicted molar refractivity (Wildman–Crippen MR) is 144 cm³/mol. The molecule has 3 aromatic rings. The van der Waals surface area contributed by atoms with Crippen LogP contribution >= 0.6 is 0 Å². The summed E-state index contributed by atoms with van der Waals surface area (Å²) in [5.74, 6) is -2.39. The summed E-state index contributed by atoms with van der Waals surface area (Å²) in [6.07, 6.45) is 1.56. The minimum Gasteiger partial charge on any atom is -0.477 e. The van der Waals surface area contributed by atoms with E-state index in [4.69, 9.17) is 4.74 Å². The molecule has 2 aliphatic heterocycles. The van der Waals surface area contributed by atoms with Crippen molar-refractivity contribution in [1.82, 2.24) is 4.68 Å². The Morgan fingerprint density at radius 2 is 1.77 bits per heavy atom. The number of ether oxygens (including phenoxy) is 1. The molecule has 1 fully saturated rings. The van der Waals surface area contributed by atoms with Gasteiger partial charge in [0.2, 0.25) is 11.3 Å². The van der Waals surface area contributed by atoms with Gasteiger partial charge >= 0.3 is 5.97 Å². The number of halogens is 2. The number of pyridine rings is 1. The van der Waals surface area contributed by atoms with Crippen molar-refractivity contribution in [2.45, 2.75) is 20.3 Å². The predicted octanol–water partition coefficient (Wildman–Crippen LogP) is 3.21. The van der Waals surface area contributed by atoms with Crippen molar-refractivity contribution in [2.24, 2.45) is 5.92 Å². The molecule has 1 amide bonds. The fourth-order valence-corrected chi connectivity index (χ4v) is 5.07. The zero-order chi connectivity index (χ0) is 28.0. The molecule has 0 saturated carbocycles. The molecule has 0 bridgehead atoms. The number of aromatic nitrogens is 1. The van der Waals surface area contributed by atoms with E-state index in [1.54, 1.807) is 29.1 Å². The summed E-state index contributed by atoms with van der Waals surface area (Å²) in [4.78, 5) is 40.1. The highest BCUT2D eigenvalue weighted by atomic mass is 19.1. The summed E-state index contributed by atoms with van der Waals surface area (Å²) in [5.41, 5.74) is -0.0188. The largest absolute Gasteiger partial charge is 0.477 e. The normalized spacial score (nSPS) is 15.1. The number of nitrogens with zero attached hydrogens (tertiary/aromatic N) is 4. The Bertz CT molecular complexity index is 1530. The fourth-order valence-electron chi connectivity index (χ4n) is 5.07. The zero-order valence-corrected chi connectivity index (χ0v) is 21.8. The molecule has 2 aromatic carbocycles. The minimum absolute atomic E-state index is 0.0196. The zero-order valence-electron chi connectivity index (χ0n) is 21.8. The maximum atomic E-state index is 15.5. The van der Waals surface area contributed by atoms with Crippen LogP contribution in [0.3, 0.4) is 0 Å². The number of carboxylic acids is 1. The molecule has 2 N–H and O–H groups in total. The molecule has 2 aliphatic rings. The first-order valence-corrected chi connectivity index (χ1v) is 12.6. The number of piperazine rings is 1. The van der Waals surface area contributed by atoms with Crippen molar-refractivity contribution in [2.75, 3.05) is 60.1 Å². The number of hydrogen-bond acceptors (Lipinski definition) is 7. The van der Waals surface area contributed by atoms with Gasteiger partial charge in [0, 0.05) is 51.5 Å². The van der Waals surface area contributed by atoms with Crippen LogP contribution in [0.2, 0.25) is 0 Å². The molecule has 3 heterocycles. The highest BCUT2D eigenvalue weighted by Gasteiger charge is 2.31. The van der Waals surface area contributed by atoms with Gasteiger partial charge in [0.15, 0.2) is 18.3 Å². The molecule has 0 spiro atoms. The van der Waals surface area contributed by atoms with Gasteiger partial charge in [-0.25, -0.2) is 13.6 Å². The Hall–Kier alpha value is -4.35. The van der Waals surface area contributed by atoms with Crippen LogP contribution in [0.1, 0.15) is 30.6 Å². The van der Waals surface area contributed by atoms with E-state index < -0.39 is 28.6 Å². The van der Waals surface area contributed by atoms with E-state index in [2.05, 4.69) is 5.32 Å². The standard InChI is InChI=1S/C27H29F2N5O5/c1-15(2)10-22(35)30-16-4-5-21(19(28)11-16)32-6-8-33(9-7-32)24-20(29)12-17-23-26(24)39-14-31(3)34(23)13-18(25(17)36)27(37)38/h4-5,11-13,15H,6-10,14H2,1-3H3,(H,30,35)(H,37,38). The summed E-state index contributed by atoms with van der Waals surface area (Å²) in [6, 6.07) is 5.63. The summed E-state index contributed by atoms with van der Waals surface area (Å²) in [5, 5.41) is 13.7. The second-order valence-corrected chi connectivity index (χ2v) is 10.2. The van der Waals surface area contributed by atoms with E-state index in [-0.39, 0.29) is 35.4 Å². The molecular weight excluding hydrogens is 512 g/mol. The van der Waals surface area contributed by atoms with E-state index in [1.165, 1.54) is 16.9 Å². The number of nitrogens with one attached hydrogen (secondary N) is 1. The highest BCUT2D eigenvalue weighted by Crippen LogP contribution is 2.40. The fraction of sp³-hybridized carbons (Fsp3) is 0.370. The van der Waals surface area contributed by atoms with E-state index in [1.807, 2.05) is 18.7 Å². The molecule has 10 nitrogen and oxygen atoms in total. The Kier molecular flexibility index (Phi) is 6.79. The van der Waals surface area contributed by atoms with Gasteiger partial charge in [-0.2, -0.15) is 0 Å². The number of aromatic carboxylic acids is 1. The number of carbonyl (C=O) groups excluding carboxylic acids is 1. The SMILES string of the molecule is CC(C)CC(=O)Nc1ccc(N2CCN(c3c(F)cc4c(=O)c(C(=O)O)cn5c4c3OCN5C)CC2)c(F)c1. The molecule has 0 aliphatic carbocycles. The molecular formula is C27H29F2N5O5. The van der Waals surface area contributed by atoms with Crippen LogP contribution in [0, 0.1) is 17.6 Å². The lowest BCUT2D eigenvalue weighted by Gasteiger charge is -2.39. The maximum Gasteiger partial charge on any atom is 0.341 e. The monoisotopic (exact) mass is 541 g/mol. The lowest BCUT2D eigenvalue weighted by Crippen LogP contribution is -2.47. The second kappa shape index (κ2) is 10.1. The topological polar surface area (TPSA) is 107 Å². The highest BCUT2D eigenvalue weighted by molar-refractivity contribution is 5.97. The van der Waals surface area contributed by atoms with Crippen molar-refractivity contribution in [3.8, 4) is 5.75 Å². The van der Waals surface area contributed by atoms with Crippen LogP contribution < -0.4 is 30.3 Å². The molecule has 39 heavy (non-hydrogen) atoms. The third-order valence-corrected chi connectivity index (χ3v) is 6.91. The van der Waals surface area contributed by atoms with Crippen LogP contribution in [0.25, 0.3) is 10.9 Å². The number of carbonyl (C=O) groups is 2. The molecule has 1 saturated heterocycles. The Morgan fingerprint density at radius 3 is 2.41 bits per heavy atom. The quantitative estimate of drug-likeness (QED) is 0.490. The molecule has 0 unspecified atom stereocenters. The van der Waals surface area contributed by atoms with Crippen LogP contribution in [0.15, 0.2) is 35.3 Å². The van der Waals surface area contributed by atoms with E-state index in [0.717, 1.165) is 6.07 Å². The van der Waals surface area contributed by atoms with Gasteiger partial charge in [0.25, 0.3) is 0 Å². The van der Waals surface area contributed by atoms with Gasteiger partial charge in [-0.15, -0.1) is 0 Å². The van der Waals surface area contributed by atoms with Crippen molar-refractivity contribution < 1.29 is 28.2 Å². The average molecular weight is 542 g/mol. The minimum atomic E-state index is -1.40. The maximum absolute atomic E-state index is 15.5. The van der Waals surface area contributed by atoms with Crippen LogP contribution in [-0.2, 0) is 4.79 Å². The van der Waals surface area contributed by atoms with Crippen molar-refractivity contribution in [3.63, 3.8) is 0 Å². The lowest BCUT2D eigenvalue weighted by atomic mass is 10.1. The molecule has 1 aromatic heterocycles. The van der Waals surface area contributed by atoms with Crippen molar-refractivity contribution in [3.05, 3.63) is 57.9 Å². The smallest absolute Gasteiger partial charge is 0.341 e. The van der Waals surface area contributed by atoms with E-state index >= 15 is 4.39 Å². The van der Waals surface area contributed by atoms with Gasteiger partial charge in [-0.3, -0.25) is 19.3 Å². The molecule has 0 atom stereocenters. The summed E-state index contributed by atoms with van der Waals surface area (Å²) in [6.45, 7) is 5.35.